The summed E-state index contributed by atoms with van der Waals surface area (Å²) in [4.78, 5) is 23.7. The molecule has 6 heteroatoms. The van der Waals surface area contributed by atoms with Crippen LogP contribution in [0.4, 0.5) is 0 Å². The Bertz CT molecular complexity index is 494. The highest BCUT2D eigenvalue weighted by Gasteiger charge is 2.13. The molecular weight excluding hydrogens is 212 g/mol. The van der Waals surface area contributed by atoms with Crippen molar-refractivity contribution in [1.29, 1.82) is 0 Å². The highest BCUT2D eigenvalue weighted by Crippen LogP contribution is 2.25. The van der Waals surface area contributed by atoms with Gasteiger partial charge in [-0.3, -0.25) is 14.8 Å². The van der Waals surface area contributed by atoms with Crippen molar-refractivity contribution in [3.8, 4) is 10.7 Å². The Labute approximate surface area is 90.0 Å². The minimum atomic E-state index is -0.458. The Morgan fingerprint density at radius 2 is 2.27 bits per heavy atom. The molecule has 0 aliphatic rings. The number of primary amides is 1. The minimum absolute atomic E-state index is 0.458. The normalized spacial score (nSPS) is 10.2. The second kappa shape index (κ2) is 3.74. The molecule has 0 saturated heterocycles. The molecule has 2 N–H and O–H groups in total. The van der Waals surface area contributed by atoms with Gasteiger partial charge in [0.05, 0.1) is 11.9 Å². The summed E-state index contributed by atoms with van der Waals surface area (Å²) in [6.07, 6.45) is 4.76. The van der Waals surface area contributed by atoms with E-state index in [1.807, 2.05) is 0 Å². The van der Waals surface area contributed by atoms with E-state index >= 15 is 0 Å². The van der Waals surface area contributed by atoms with Gasteiger partial charge in [-0.05, 0) is 6.92 Å². The van der Waals surface area contributed by atoms with Crippen LogP contribution in [-0.4, -0.2) is 20.9 Å². The quantitative estimate of drug-likeness (QED) is 0.818. The summed E-state index contributed by atoms with van der Waals surface area (Å²) in [5.74, 6) is -0.458. The summed E-state index contributed by atoms with van der Waals surface area (Å²) in [6, 6.07) is 0. The van der Waals surface area contributed by atoms with Crippen LogP contribution in [0.1, 0.15) is 15.4 Å². The lowest BCUT2D eigenvalue weighted by Gasteiger charge is -1.90. The van der Waals surface area contributed by atoms with E-state index in [2.05, 4.69) is 15.0 Å². The lowest BCUT2D eigenvalue weighted by atomic mass is 10.4. The van der Waals surface area contributed by atoms with Crippen LogP contribution in [0.5, 0.6) is 0 Å². The van der Waals surface area contributed by atoms with E-state index in [4.69, 9.17) is 5.73 Å². The van der Waals surface area contributed by atoms with Gasteiger partial charge in [0.1, 0.15) is 15.6 Å². The molecular formula is C9H8N4OS. The SMILES string of the molecule is Cc1nc(-c2cnccn2)sc1C(N)=O. The lowest BCUT2D eigenvalue weighted by Crippen LogP contribution is -2.09. The van der Waals surface area contributed by atoms with Gasteiger partial charge in [-0.25, -0.2) is 4.98 Å². The molecule has 0 spiro atoms. The molecule has 0 aliphatic carbocycles. The van der Waals surface area contributed by atoms with Gasteiger partial charge in [0.15, 0.2) is 0 Å². The van der Waals surface area contributed by atoms with Crippen molar-refractivity contribution in [2.75, 3.05) is 0 Å². The zero-order valence-corrected chi connectivity index (χ0v) is 8.78. The van der Waals surface area contributed by atoms with E-state index in [1.165, 1.54) is 11.3 Å². The summed E-state index contributed by atoms with van der Waals surface area (Å²) < 4.78 is 0. The Morgan fingerprint density at radius 3 is 2.80 bits per heavy atom. The number of aromatic nitrogens is 3. The van der Waals surface area contributed by atoms with Gasteiger partial charge in [0.25, 0.3) is 5.91 Å². The van der Waals surface area contributed by atoms with Crippen LogP contribution >= 0.6 is 11.3 Å². The van der Waals surface area contributed by atoms with E-state index in [1.54, 1.807) is 25.5 Å². The van der Waals surface area contributed by atoms with Gasteiger partial charge in [0.2, 0.25) is 0 Å². The average molecular weight is 220 g/mol. The highest BCUT2D eigenvalue weighted by molar-refractivity contribution is 7.17. The van der Waals surface area contributed by atoms with Gasteiger partial charge in [-0.2, -0.15) is 0 Å². The monoisotopic (exact) mass is 220 g/mol. The van der Waals surface area contributed by atoms with E-state index in [-0.39, 0.29) is 0 Å². The molecule has 2 aromatic rings. The molecule has 5 nitrogen and oxygen atoms in total. The second-order valence-corrected chi connectivity index (χ2v) is 3.89. The van der Waals surface area contributed by atoms with Crippen molar-refractivity contribution < 1.29 is 4.79 Å². The molecule has 1 amide bonds. The number of thiazole rings is 1. The first kappa shape index (κ1) is 9.72. The Kier molecular flexibility index (Phi) is 2.42. The van der Waals surface area contributed by atoms with Gasteiger partial charge < -0.3 is 5.73 Å². The molecule has 0 atom stereocenters. The van der Waals surface area contributed by atoms with Crippen molar-refractivity contribution >= 4 is 17.2 Å². The maximum absolute atomic E-state index is 11.0. The summed E-state index contributed by atoms with van der Waals surface area (Å²) in [5.41, 5.74) is 6.49. The molecule has 0 bridgehead atoms. The number of hydrogen-bond acceptors (Lipinski definition) is 5. The molecule has 0 unspecified atom stereocenters. The first-order chi connectivity index (χ1) is 7.18. The van der Waals surface area contributed by atoms with Crippen LogP contribution in [0.15, 0.2) is 18.6 Å². The van der Waals surface area contributed by atoms with E-state index < -0.39 is 5.91 Å². The predicted octanol–water partition coefficient (Wildman–Crippen LogP) is 1.01. The standard InChI is InChI=1S/C9H8N4OS/c1-5-7(8(10)14)15-9(13-5)6-4-11-2-3-12-6/h2-4H,1H3,(H2,10,14). The van der Waals surface area contributed by atoms with Crippen LogP contribution in [-0.2, 0) is 0 Å². The molecule has 2 rings (SSSR count). The van der Waals surface area contributed by atoms with Crippen molar-refractivity contribution in [2.24, 2.45) is 5.73 Å². The van der Waals surface area contributed by atoms with Crippen LogP contribution in [0.3, 0.4) is 0 Å². The van der Waals surface area contributed by atoms with E-state index in [0.717, 1.165) is 0 Å². The fraction of sp³-hybridized carbons (Fsp3) is 0.111. The third kappa shape index (κ3) is 1.84. The fourth-order valence-corrected chi connectivity index (χ4v) is 2.02. The predicted molar refractivity (Wildman–Crippen MR) is 56.4 cm³/mol. The molecule has 0 aliphatic heterocycles. The van der Waals surface area contributed by atoms with Crippen LogP contribution < -0.4 is 5.73 Å². The maximum Gasteiger partial charge on any atom is 0.260 e. The third-order valence-electron chi connectivity index (χ3n) is 1.80. The molecule has 15 heavy (non-hydrogen) atoms. The first-order valence-electron chi connectivity index (χ1n) is 4.22. The number of amides is 1. The Balaban J connectivity index is 2.48. The second-order valence-electron chi connectivity index (χ2n) is 2.89. The molecule has 0 radical (unpaired) electrons. The van der Waals surface area contributed by atoms with Crippen molar-refractivity contribution in [2.45, 2.75) is 6.92 Å². The number of hydrogen-bond donors (Lipinski definition) is 1. The van der Waals surface area contributed by atoms with E-state index in [0.29, 0.717) is 21.3 Å². The first-order valence-corrected chi connectivity index (χ1v) is 5.03. The summed E-state index contributed by atoms with van der Waals surface area (Å²) in [7, 11) is 0. The molecule has 0 fully saturated rings. The van der Waals surface area contributed by atoms with Gasteiger partial charge >= 0.3 is 0 Å². The number of nitrogens with zero attached hydrogens (tertiary/aromatic N) is 3. The van der Waals surface area contributed by atoms with Crippen molar-refractivity contribution in [1.82, 2.24) is 15.0 Å². The topological polar surface area (TPSA) is 81.8 Å². The zero-order chi connectivity index (χ0) is 10.8. The van der Waals surface area contributed by atoms with Crippen molar-refractivity contribution in [3.05, 3.63) is 29.2 Å². The van der Waals surface area contributed by atoms with Crippen LogP contribution in [0.25, 0.3) is 10.7 Å². The number of nitrogens with two attached hydrogens (primary N) is 1. The zero-order valence-electron chi connectivity index (χ0n) is 7.97. The van der Waals surface area contributed by atoms with Gasteiger partial charge in [0, 0.05) is 12.4 Å². The molecule has 0 aromatic carbocycles. The summed E-state index contributed by atoms with van der Waals surface area (Å²) in [5, 5.41) is 0.661. The summed E-state index contributed by atoms with van der Waals surface area (Å²) in [6.45, 7) is 1.75. The fourth-order valence-electron chi connectivity index (χ4n) is 1.14. The summed E-state index contributed by atoms with van der Waals surface area (Å²) >= 11 is 1.23. The third-order valence-corrected chi connectivity index (χ3v) is 3.00. The smallest absolute Gasteiger partial charge is 0.260 e. The van der Waals surface area contributed by atoms with Gasteiger partial charge in [-0.15, -0.1) is 11.3 Å². The highest BCUT2D eigenvalue weighted by atomic mass is 32.1. The lowest BCUT2D eigenvalue weighted by molar-refractivity contribution is 0.100. The number of carbonyl (C=O) groups is 1. The van der Waals surface area contributed by atoms with Crippen LogP contribution in [0.2, 0.25) is 0 Å². The molecule has 2 heterocycles. The Morgan fingerprint density at radius 1 is 1.47 bits per heavy atom. The largest absolute Gasteiger partial charge is 0.365 e. The van der Waals surface area contributed by atoms with Crippen LogP contribution in [0, 0.1) is 6.92 Å². The number of aryl methyl sites for hydroxylation is 1. The van der Waals surface area contributed by atoms with E-state index in [9.17, 15) is 4.79 Å². The maximum atomic E-state index is 11.0. The Hall–Kier alpha value is -1.82. The molecule has 2 aromatic heterocycles. The van der Waals surface area contributed by atoms with Crippen molar-refractivity contribution in [3.63, 3.8) is 0 Å². The van der Waals surface area contributed by atoms with Gasteiger partial charge in [-0.1, -0.05) is 0 Å². The average Bonchev–Trinajstić information content (AvgIpc) is 2.62. The molecule has 76 valence electrons. The molecule has 0 saturated carbocycles. The minimum Gasteiger partial charge on any atom is -0.365 e. The number of carbonyl (C=O) groups excluding carboxylic acids is 1. The number of rotatable bonds is 2.